The van der Waals surface area contributed by atoms with Crippen LogP contribution in [-0.2, 0) is 22.3 Å². The molecule has 0 aliphatic carbocycles. The van der Waals surface area contributed by atoms with Gasteiger partial charge in [-0.25, -0.2) is 0 Å². The molecule has 0 bridgehead atoms. The van der Waals surface area contributed by atoms with Gasteiger partial charge in [-0.05, 0) is 19.9 Å². The lowest BCUT2D eigenvalue weighted by atomic mass is 9.99. The minimum absolute atomic E-state index is 0.0331. The Morgan fingerprint density at radius 1 is 1.35 bits per heavy atom. The summed E-state index contributed by atoms with van der Waals surface area (Å²) in [5.74, 6) is -2.82. The minimum Gasteiger partial charge on any atom is -0.466 e. The first kappa shape index (κ1) is 20.6. The third kappa shape index (κ3) is 3.14. The SMILES string of the molecule is CC1c2nnc(C(F)(F)F)n2CCN1C(=O)C1(C)Oc2ccc([N+](=O)[O-])cc2NC1=O. The predicted octanol–water partition coefficient (Wildman–Crippen LogP) is 1.90. The second kappa shape index (κ2) is 6.65. The van der Waals surface area contributed by atoms with E-state index in [9.17, 15) is 32.9 Å². The molecular weight excluding hydrogens is 425 g/mol. The van der Waals surface area contributed by atoms with Crippen LogP contribution in [0.5, 0.6) is 5.75 Å². The molecule has 2 atom stereocenters. The third-order valence-electron chi connectivity index (χ3n) is 5.28. The standard InChI is InChI=1S/C17H15F3N6O5/c1-8-12-22-23-13(17(18,19)20)25(12)6-5-24(8)15(28)16(2)14(27)21-10-7-9(26(29)30)3-4-11(10)31-16/h3-4,7-8H,5-6H2,1-2H3,(H,21,27). The van der Waals surface area contributed by atoms with Crippen LogP contribution in [0.4, 0.5) is 24.5 Å². The van der Waals surface area contributed by atoms with Gasteiger partial charge in [0.05, 0.1) is 16.7 Å². The van der Waals surface area contributed by atoms with Crippen molar-refractivity contribution in [3.63, 3.8) is 0 Å². The van der Waals surface area contributed by atoms with Gasteiger partial charge >= 0.3 is 6.18 Å². The fourth-order valence-electron chi connectivity index (χ4n) is 3.61. The number of alkyl halides is 3. The van der Waals surface area contributed by atoms with Crippen molar-refractivity contribution in [2.45, 2.75) is 38.2 Å². The van der Waals surface area contributed by atoms with Crippen molar-refractivity contribution in [3.8, 4) is 5.75 Å². The smallest absolute Gasteiger partial charge is 0.451 e. The van der Waals surface area contributed by atoms with Crippen LogP contribution >= 0.6 is 0 Å². The van der Waals surface area contributed by atoms with Gasteiger partial charge in [-0.2, -0.15) is 13.2 Å². The Kier molecular flexibility index (Phi) is 4.41. The first-order chi connectivity index (χ1) is 14.4. The number of anilines is 1. The van der Waals surface area contributed by atoms with Gasteiger partial charge in [-0.15, -0.1) is 10.2 Å². The van der Waals surface area contributed by atoms with E-state index in [1.807, 2.05) is 0 Å². The summed E-state index contributed by atoms with van der Waals surface area (Å²) in [5.41, 5.74) is -2.28. The molecule has 14 heteroatoms. The number of hydrogen-bond donors (Lipinski definition) is 1. The Hall–Kier alpha value is -3.71. The van der Waals surface area contributed by atoms with Crippen molar-refractivity contribution in [2.75, 3.05) is 11.9 Å². The molecule has 2 aromatic rings. The number of carbonyl (C=O) groups is 2. The number of nitro benzene ring substituents is 1. The summed E-state index contributed by atoms with van der Waals surface area (Å²) in [4.78, 5) is 37.4. The highest BCUT2D eigenvalue weighted by molar-refractivity contribution is 6.15. The fraction of sp³-hybridized carbons (Fsp3) is 0.412. The summed E-state index contributed by atoms with van der Waals surface area (Å²) in [6.45, 7) is 2.35. The zero-order valence-corrected chi connectivity index (χ0v) is 16.1. The number of benzene rings is 1. The molecular formula is C17H15F3N6O5. The molecule has 1 aromatic heterocycles. The molecule has 164 valence electrons. The van der Waals surface area contributed by atoms with E-state index in [2.05, 4.69) is 15.5 Å². The average molecular weight is 440 g/mol. The van der Waals surface area contributed by atoms with E-state index in [1.165, 1.54) is 24.8 Å². The van der Waals surface area contributed by atoms with Crippen LogP contribution < -0.4 is 10.1 Å². The van der Waals surface area contributed by atoms with Gasteiger partial charge in [-0.3, -0.25) is 19.7 Å². The summed E-state index contributed by atoms with van der Waals surface area (Å²) >= 11 is 0. The van der Waals surface area contributed by atoms with Crippen LogP contribution in [0.25, 0.3) is 0 Å². The molecule has 2 aliphatic rings. The van der Waals surface area contributed by atoms with E-state index in [-0.39, 0.29) is 36.0 Å². The first-order valence-corrected chi connectivity index (χ1v) is 9.03. The zero-order valence-electron chi connectivity index (χ0n) is 16.1. The number of nitrogens with zero attached hydrogens (tertiary/aromatic N) is 5. The molecule has 1 N–H and O–H groups in total. The molecule has 3 heterocycles. The number of nitro groups is 1. The molecule has 31 heavy (non-hydrogen) atoms. The summed E-state index contributed by atoms with van der Waals surface area (Å²) in [6, 6.07) is 2.61. The maximum absolute atomic E-state index is 13.2. The number of carbonyl (C=O) groups excluding carboxylic acids is 2. The molecule has 0 fully saturated rings. The number of amides is 2. The van der Waals surface area contributed by atoms with Crippen molar-refractivity contribution in [1.29, 1.82) is 0 Å². The Balaban J connectivity index is 1.63. The van der Waals surface area contributed by atoms with Gasteiger partial charge < -0.3 is 19.5 Å². The Morgan fingerprint density at radius 3 is 2.71 bits per heavy atom. The van der Waals surface area contributed by atoms with Crippen LogP contribution in [0.3, 0.4) is 0 Å². The number of rotatable bonds is 2. The first-order valence-electron chi connectivity index (χ1n) is 9.03. The van der Waals surface area contributed by atoms with Gasteiger partial charge in [0.25, 0.3) is 23.1 Å². The highest BCUT2D eigenvalue weighted by atomic mass is 19.4. The quantitative estimate of drug-likeness (QED) is 0.428. The van der Waals surface area contributed by atoms with Gasteiger partial charge in [0.2, 0.25) is 5.82 Å². The average Bonchev–Trinajstić information content (AvgIpc) is 3.14. The second-order valence-electron chi connectivity index (χ2n) is 7.23. The van der Waals surface area contributed by atoms with E-state index < -0.39 is 40.4 Å². The number of fused-ring (bicyclic) bond motifs is 2. The molecule has 0 radical (unpaired) electrons. The van der Waals surface area contributed by atoms with Crippen molar-refractivity contribution >= 4 is 23.2 Å². The van der Waals surface area contributed by atoms with Crippen molar-refractivity contribution in [2.24, 2.45) is 0 Å². The van der Waals surface area contributed by atoms with Crippen LogP contribution in [0, 0.1) is 10.1 Å². The zero-order chi connectivity index (χ0) is 22.7. The number of nitrogens with one attached hydrogen (secondary N) is 1. The van der Waals surface area contributed by atoms with E-state index in [0.29, 0.717) is 0 Å². The molecule has 1 aromatic carbocycles. The van der Waals surface area contributed by atoms with Crippen LogP contribution in [0.2, 0.25) is 0 Å². The molecule has 0 saturated carbocycles. The van der Waals surface area contributed by atoms with E-state index >= 15 is 0 Å². The number of aromatic nitrogens is 3. The van der Waals surface area contributed by atoms with Crippen molar-refractivity contribution in [1.82, 2.24) is 19.7 Å². The lowest BCUT2D eigenvalue weighted by molar-refractivity contribution is -0.384. The number of non-ortho nitro benzene ring substituents is 1. The molecule has 0 saturated heterocycles. The normalized spacial score (nSPS) is 22.8. The number of halogens is 3. The van der Waals surface area contributed by atoms with Crippen LogP contribution in [-0.4, -0.2) is 48.5 Å². The summed E-state index contributed by atoms with van der Waals surface area (Å²) in [7, 11) is 0. The van der Waals surface area contributed by atoms with Gasteiger partial charge in [-0.1, -0.05) is 0 Å². The Labute approximate surface area is 171 Å². The topological polar surface area (TPSA) is 132 Å². The van der Waals surface area contributed by atoms with Crippen molar-refractivity contribution in [3.05, 3.63) is 40.0 Å². The van der Waals surface area contributed by atoms with Gasteiger partial charge in [0.1, 0.15) is 5.75 Å². The molecule has 2 amide bonds. The molecule has 4 rings (SSSR count). The van der Waals surface area contributed by atoms with Gasteiger partial charge in [0, 0.05) is 25.2 Å². The Bertz CT molecular complexity index is 1120. The lowest BCUT2D eigenvalue weighted by Crippen LogP contribution is -2.61. The number of hydrogen-bond acceptors (Lipinski definition) is 7. The summed E-state index contributed by atoms with van der Waals surface area (Å²) in [5, 5.41) is 20.1. The lowest BCUT2D eigenvalue weighted by Gasteiger charge is -2.40. The molecule has 2 unspecified atom stereocenters. The second-order valence-corrected chi connectivity index (χ2v) is 7.23. The molecule has 2 aliphatic heterocycles. The van der Waals surface area contributed by atoms with E-state index in [0.717, 1.165) is 16.7 Å². The monoisotopic (exact) mass is 440 g/mol. The highest BCUT2D eigenvalue weighted by Crippen LogP contribution is 2.39. The summed E-state index contributed by atoms with van der Waals surface area (Å²) in [6.07, 6.45) is -4.69. The maximum atomic E-state index is 13.2. The van der Waals surface area contributed by atoms with Crippen molar-refractivity contribution < 1.29 is 32.4 Å². The highest BCUT2D eigenvalue weighted by Gasteiger charge is 2.52. The van der Waals surface area contributed by atoms with Crippen LogP contribution in [0.1, 0.15) is 31.5 Å². The maximum Gasteiger partial charge on any atom is 0.451 e. The van der Waals surface area contributed by atoms with Crippen LogP contribution in [0.15, 0.2) is 18.2 Å². The third-order valence-corrected chi connectivity index (χ3v) is 5.28. The van der Waals surface area contributed by atoms with E-state index in [1.54, 1.807) is 0 Å². The predicted molar refractivity (Wildman–Crippen MR) is 95.9 cm³/mol. The minimum atomic E-state index is -4.69. The summed E-state index contributed by atoms with van der Waals surface area (Å²) < 4.78 is 45.8. The molecule has 11 nitrogen and oxygen atoms in total. The molecule has 0 spiro atoms. The number of ether oxygens (including phenoxy) is 1. The van der Waals surface area contributed by atoms with E-state index in [4.69, 9.17) is 4.74 Å². The largest absolute Gasteiger partial charge is 0.466 e. The Morgan fingerprint density at radius 2 is 2.06 bits per heavy atom. The fourth-order valence-corrected chi connectivity index (χ4v) is 3.61. The van der Waals surface area contributed by atoms with Gasteiger partial charge in [0.15, 0.2) is 5.82 Å².